The number of ether oxygens (including phenoxy) is 1. The van der Waals surface area contributed by atoms with Crippen LogP contribution >= 0.6 is 23.7 Å². The first-order valence-corrected chi connectivity index (χ1v) is 10.9. The van der Waals surface area contributed by atoms with E-state index in [2.05, 4.69) is 9.88 Å². The molecule has 0 atom stereocenters. The van der Waals surface area contributed by atoms with Gasteiger partial charge in [0, 0.05) is 44.4 Å². The van der Waals surface area contributed by atoms with Crippen LogP contribution in [0.4, 0.5) is 15.2 Å². The number of hydrogen-bond donors (Lipinski definition) is 0. The summed E-state index contributed by atoms with van der Waals surface area (Å²) in [6, 6.07) is 10.4. The van der Waals surface area contributed by atoms with Gasteiger partial charge in [-0.25, -0.2) is 9.37 Å². The first-order valence-electron chi connectivity index (χ1n) is 10.1. The zero-order valence-electron chi connectivity index (χ0n) is 17.6. The molecule has 0 N–H and O–H groups in total. The summed E-state index contributed by atoms with van der Waals surface area (Å²) in [6.07, 6.45) is 2.93. The Kier molecular flexibility index (Phi) is 8.45. The monoisotopic (exact) mass is 492 g/mol. The minimum Gasteiger partial charge on any atom is -0.379 e. The number of rotatable bonds is 7. The number of nitro benzene ring substituents is 1. The lowest BCUT2D eigenvalue weighted by Crippen LogP contribution is -2.42. The summed E-state index contributed by atoms with van der Waals surface area (Å²) in [5.74, 6) is -0.659. The predicted octanol–water partition coefficient (Wildman–Crippen LogP) is 4.14. The fraction of sp³-hybridized carbons (Fsp3) is 0.273. The first kappa shape index (κ1) is 24.7. The van der Waals surface area contributed by atoms with Crippen LogP contribution in [0.3, 0.4) is 0 Å². The van der Waals surface area contributed by atoms with Gasteiger partial charge >= 0.3 is 0 Å². The number of fused-ring (bicyclic) bond motifs is 1. The lowest BCUT2D eigenvalue weighted by atomic mass is 10.2. The van der Waals surface area contributed by atoms with Crippen LogP contribution in [0.1, 0.15) is 5.56 Å². The number of nitrogens with zero attached hydrogens (tertiary/aromatic N) is 4. The van der Waals surface area contributed by atoms with Gasteiger partial charge in [-0.1, -0.05) is 23.5 Å². The molecule has 0 saturated carbocycles. The maximum absolute atomic E-state index is 13.6. The van der Waals surface area contributed by atoms with Gasteiger partial charge in [-0.2, -0.15) is 0 Å². The Morgan fingerprint density at radius 2 is 2.06 bits per heavy atom. The molecule has 174 valence electrons. The van der Waals surface area contributed by atoms with E-state index in [4.69, 9.17) is 4.74 Å². The van der Waals surface area contributed by atoms with Gasteiger partial charge in [0.15, 0.2) is 5.13 Å². The van der Waals surface area contributed by atoms with Crippen molar-refractivity contribution in [3.8, 4) is 0 Å². The second-order valence-electron chi connectivity index (χ2n) is 7.24. The van der Waals surface area contributed by atoms with E-state index in [-0.39, 0.29) is 29.8 Å². The molecule has 1 aliphatic heterocycles. The average molecular weight is 493 g/mol. The van der Waals surface area contributed by atoms with E-state index < -0.39 is 4.92 Å². The number of amides is 1. The van der Waals surface area contributed by atoms with Crippen molar-refractivity contribution in [2.24, 2.45) is 0 Å². The Balaban J connectivity index is 0.00000306. The Labute approximate surface area is 199 Å². The molecule has 3 aromatic rings. The largest absolute Gasteiger partial charge is 0.379 e. The summed E-state index contributed by atoms with van der Waals surface area (Å²) in [4.78, 5) is 31.9. The molecule has 4 rings (SSSR count). The molecule has 2 aromatic carbocycles. The number of nitro groups is 1. The molecular formula is C22H22ClFN4O4S. The molecule has 0 aliphatic carbocycles. The fourth-order valence-corrected chi connectivity index (χ4v) is 4.39. The number of anilines is 1. The fourth-order valence-electron chi connectivity index (χ4n) is 3.37. The molecular weight excluding hydrogens is 471 g/mol. The lowest BCUT2D eigenvalue weighted by molar-refractivity contribution is -0.384. The maximum atomic E-state index is 13.6. The van der Waals surface area contributed by atoms with Crippen LogP contribution in [0, 0.1) is 15.9 Å². The zero-order valence-corrected chi connectivity index (χ0v) is 19.2. The number of hydrogen-bond acceptors (Lipinski definition) is 7. The SMILES string of the molecule is Cl.O=C(C=Cc1cccc([N+](=O)[O-])c1)N(CCN1CCOCC1)c1nc2ccc(F)cc2s1. The highest BCUT2D eigenvalue weighted by atomic mass is 35.5. The molecule has 0 spiro atoms. The quantitative estimate of drug-likeness (QED) is 0.280. The van der Waals surface area contributed by atoms with Crippen molar-refractivity contribution in [3.05, 3.63) is 70.0 Å². The van der Waals surface area contributed by atoms with Crippen molar-refractivity contribution >= 4 is 56.8 Å². The van der Waals surface area contributed by atoms with Crippen molar-refractivity contribution < 1.29 is 18.8 Å². The highest BCUT2D eigenvalue weighted by Crippen LogP contribution is 2.29. The molecule has 33 heavy (non-hydrogen) atoms. The Morgan fingerprint density at radius 3 is 2.82 bits per heavy atom. The highest BCUT2D eigenvalue weighted by Gasteiger charge is 2.20. The van der Waals surface area contributed by atoms with Gasteiger partial charge in [0.25, 0.3) is 11.6 Å². The molecule has 1 aromatic heterocycles. The summed E-state index contributed by atoms with van der Waals surface area (Å²) in [5.41, 5.74) is 1.13. The number of carbonyl (C=O) groups is 1. The van der Waals surface area contributed by atoms with Crippen LogP contribution in [0.2, 0.25) is 0 Å². The predicted molar refractivity (Wildman–Crippen MR) is 129 cm³/mol. The van der Waals surface area contributed by atoms with Crippen LogP contribution in [-0.2, 0) is 9.53 Å². The third-order valence-electron chi connectivity index (χ3n) is 5.08. The number of carbonyl (C=O) groups excluding carboxylic acids is 1. The topological polar surface area (TPSA) is 88.8 Å². The smallest absolute Gasteiger partial charge is 0.270 e. The molecule has 8 nitrogen and oxygen atoms in total. The van der Waals surface area contributed by atoms with Crippen LogP contribution in [0.15, 0.2) is 48.5 Å². The van der Waals surface area contributed by atoms with E-state index in [1.807, 2.05) is 0 Å². The molecule has 0 unspecified atom stereocenters. The molecule has 0 bridgehead atoms. The number of aromatic nitrogens is 1. The van der Waals surface area contributed by atoms with Crippen LogP contribution in [0.5, 0.6) is 0 Å². The van der Waals surface area contributed by atoms with Crippen LogP contribution < -0.4 is 4.90 Å². The number of thiazole rings is 1. The van der Waals surface area contributed by atoms with E-state index >= 15 is 0 Å². The minimum absolute atomic E-state index is 0. The third kappa shape index (κ3) is 6.32. The van der Waals surface area contributed by atoms with Gasteiger partial charge in [-0.05, 0) is 29.8 Å². The molecule has 1 saturated heterocycles. The van der Waals surface area contributed by atoms with Crippen molar-refractivity contribution in [1.29, 1.82) is 0 Å². The first-order chi connectivity index (χ1) is 15.5. The van der Waals surface area contributed by atoms with Crippen LogP contribution in [-0.4, -0.2) is 60.1 Å². The third-order valence-corrected chi connectivity index (χ3v) is 6.12. The summed E-state index contributed by atoms with van der Waals surface area (Å²) in [7, 11) is 0. The van der Waals surface area contributed by atoms with E-state index in [1.165, 1.54) is 41.7 Å². The molecule has 1 aliphatic rings. The Bertz CT molecular complexity index is 1170. The van der Waals surface area contributed by atoms with Gasteiger partial charge in [-0.3, -0.25) is 24.7 Å². The lowest BCUT2D eigenvalue weighted by Gasteiger charge is -2.28. The van der Waals surface area contributed by atoms with Gasteiger partial charge < -0.3 is 4.74 Å². The van der Waals surface area contributed by atoms with Crippen molar-refractivity contribution in [2.75, 3.05) is 44.3 Å². The number of halogens is 2. The molecule has 0 radical (unpaired) electrons. The maximum Gasteiger partial charge on any atom is 0.270 e. The van der Waals surface area contributed by atoms with Gasteiger partial charge in [0.1, 0.15) is 5.82 Å². The number of benzene rings is 2. The van der Waals surface area contributed by atoms with Gasteiger partial charge in [0.2, 0.25) is 0 Å². The summed E-state index contributed by atoms with van der Waals surface area (Å²) in [6.45, 7) is 3.93. The highest BCUT2D eigenvalue weighted by molar-refractivity contribution is 7.22. The van der Waals surface area contributed by atoms with E-state index in [0.717, 1.165) is 13.1 Å². The molecule has 1 fully saturated rings. The number of non-ortho nitro benzene ring substituents is 1. The van der Waals surface area contributed by atoms with Crippen molar-refractivity contribution in [1.82, 2.24) is 9.88 Å². The van der Waals surface area contributed by atoms with Gasteiger partial charge in [-0.15, -0.1) is 12.4 Å². The normalized spacial score (nSPS) is 14.3. The minimum atomic E-state index is -0.478. The van der Waals surface area contributed by atoms with Gasteiger partial charge in [0.05, 0.1) is 28.4 Å². The molecule has 1 amide bonds. The van der Waals surface area contributed by atoms with Crippen molar-refractivity contribution in [3.63, 3.8) is 0 Å². The molecule has 11 heteroatoms. The standard InChI is InChI=1S/C22H21FN4O4S.ClH/c23-17-5-6-19-20(15-17)32-22(24-19)26(9-8-25-10-12-31-13-11-25)21(28)7-4-16-2-1-3-18(14-16)27(29)30;/h1-7,14-15H,8-13H2;1H. The van der Waals surface area contributed by atoms with E-state index in [9.17, 15) is 19.3 Å². The summed E-state index contributed by atoms with van der Waals surface area (Å²) in [5, 5.41) is 11.5. The second kappa shape index (κ2) is 11.3. The Morgan fingerprint density at radius 1 is 1.27 bits per heavy atom. The van der Waals surface area contributed by atoms with Crippen molar-refractivity contribution in [2.45, 2.75) is 0 Å². The zero-order chi connectivity index (χ0) is 22.5. The number of morpholine rings is 1. The summed E-state index contributed by atoms with van der Waals surface area (Å²) < 4.78 is 19.7. The Hall–Kier alpha value is -2.92. The van der Waals surface area contributed by atoms with Crippen LogP contribution in [0.25, 0.3) is 16.3 Å². The second-order valence-corrected chi connectivity index (χ2v) is 8.25. The van der Waals surface area contributed by atoms with E-state index in [0.29, 0.717) is 47.2 Å². The van der Waals surface area contributed by atoms with E-state index in [1.54, 1.807) is 29.2 Å². The molecule has 2 heterocycles. The summed E-state index contributed by atoms with van der Waals surface area (Å²) >= 11 is 1.25. The average Bonchev–Trinajstić information content (AvgIpc) is 3.21.